The minimum Gasteiger partial charge on any atom is -0.463 e. The first-order valence-electron chi connectivity index (χ1n) is 8.34. The molecule has 0 bridgehead atoms. The molecule has 142 valence electrons. The van der Waals surface area contributed by atoms with E-state index in [2.05, 4.69) is 4.72 Å². The van der Waals surface area contributed by atoms with Gasteiger partial charge in [-0.25, -0.2) is 18.0 Å². The molecular formula is C19H19NO6S. The number of esters is 2. The molecule has 1 atom stereocenters. The molecule has 1 heterocycles. The van der Waals surface area contributed by atoms with E-state index in [1.165, 1.54) is 24.3 Å². The normalized spacial score (nSPS) is 16.7. The van der Waals surface area contributed by atoms with Crippen molar-refractivity contribution in [2.75, 3.05) is 11.3 Å². The molecule has 7 nitrogen and oxygen atoms in total. The third kappa shape index (κ3) is 4.28. The summed E-state index contributed by atoms with van der Waals surface area (Å²) in [5.74, 6) is -1.37. The van der Waals surface area contributed by atoms with Crippen LogP contribution in [0.1, 0.15) is 27.9 Å². The van der Waals surface area contributed by atoms with Crippen molar-refractivity contribution in [2.45, 2.75) is 31.3 Å². The Kier molecular flexibility index (Phi) is 5.18. The van der Waals surface area contributed by atoms with Gasteiger partial charge >= 0.3 is 11.9 Å². The van der Waals surface area contributed by atoms with Crippen LogP contribution in [0.15, 0.2) is 47.4 Å². The second-order valence-corrected chi connectivity index (χ2v) is 7.98. The molecule has 8 heteroatoms. The number of carbonyl (C=O) groups excluding carboxylic acids is 2. The fraction of sp³-hybridized carbons (Fsp3) is 0.263. The van der Waals surface area contributed by atoms with Crippen molar-refractivity contribution in [3.63, 3.8) is 0 Å². The maximum atomic E-state index is 12.7. The van der Waals surface area contributed by atoms with Crippen molar-refractivity contribution in [2.24, 2.45) is 0 Å². The molecule has 0 aliphatic carbocycles. The Labute approximate surface area is 157 Å². The highest BCUT2D eigenvalue weighted by Crippen LogP contribution is 2.22. The van der Waals surface area contributed by atoms with Gasteiger partial charge < -0.3 is 9.47 Å². The number of nitrogens with one attached hydrogen (secondary N) is 1. The Morgan fingerprint density at radius 3 is 2.63 bits per heavy atom. The van der Waals surface area contributed by atoms with E-state index in [-0.39, 0.29) is 23.5 Å². The van der Waals surface area contributed by atoms with E-state index in [0.717, 1.165) is 11.1 Å². The monoisotopic (exact) mass is 389 g/mol. The van der Waals surface area contributed by atoms with Gasteiger partial charge in [-0.15, -0.1) is 0 Å². The highest BCUT2D eigenvalue weighted by molar-refractivity contribution is 7.92. The highest BCUT2D eigenvalue weighted by Gasteiger charge is 2.30. The number of ether oxygens (including phenoxy) is 2. The molecule has 0 aromatic heterocycles. The summed E-state index contributed by atoms with van der Waals surface area (Å²) in [5.41, 5.74) is 2.31. The number of rotatable bonds is 5. The molecule has 1 saturated heterocycles. The molecule has 1 aliphatic rings. The van der Waals surface area contributed by atoms with Gasteiger partial charge in [-0.3, -0.25) is 4.72 Å². The molecule has 0 radical (unpaired) electrons. The van der Waals surface area contributed by atoms with E-state index in [0.29, 0.717) is 5.69 Å². The lowest BCUT2D eigenvalue weighted by Crippen LogP contribution is -2.23. The fourth-order valence-corrected chi connectivity index (χ4v) is 3.88. The van der Waals surface area contributed by atoms with Gasteiger partial charge in [-0.2, -0.15) is 0 Å². The molecule has 0 saturated carbocycles. The summed E-state index contributed by atoms with van der Waals surface area (Å²) in [4.78, 5) is 23.6. The summed E-state index contributed by atoms with van der Waals surface area (Å²) < 4.78 is 37.7. The van der Waals surface area contributed by atoms with Crippen LogP contribution in [-0.2, 0) is 24.3 Å². The summed E-state index contributed by atoms with van der Waals surface area (Å²) in [5, 5.41) is 0. The topological polar surface area (TPSA) is 98.8 Å². The van der Waals surface area contributed by atoms with E-state index < -0.39 is 28.1 Å². The number of hydrogen-bond donors (Lipinski definition) is 1. The second-order valence-electron chi connectivity index (χ2n) is 6.30. The third-order valence-corrected chi connectivity index (χ3v) is 5.51. The zero-order valence-corrected chi connectivity index (χ0v) is 15.7. The lowest BCUT2D eigenvalue weighted by Gasteiger charge is -2.12. The number of sulfonamides is 1. The summed E-state index contributed by atoms with van der Waals surface area (Å²) in [6.07, 6.45) is -0.664. The van der Waals surface area contributed by atoms with Gasteiger partial charge in [0, 0.05) is 6.42 Å². The van der Waals surface area contributed by atoms with Crippen LogP contribution in [0.25, 0.3) is 0 Å². The predicted octanol–water partition coefficient (Wildman–Crippen LogP) is 2.58. The van der Waals surface area contributed by atoms with Gasteiger partial charge in [0.05, 0.1) is 22.8 Å². The lowest BCUT2D eigenvalue weighted by molar-refractivity contribution is -0.145. The molecule has 1 fully saturated rings. The Morgan fingerprint density at radius 2 is 1.96 bits per heavy atom. The van der Waals surface area contributed by atoms with Gasteiger partial charge in [0.15, 0.2) is 0 Å². The van der Waals surface area contributed by atoms with Crippen molar-refractivity contribution < 1.29 is 27.5 Å². The molecule has 3 rings (SSSR count). The van der Waals surface area contributed by atoms with E-state index in [4.69, 9.17) is 9.47 Å². The Hall–Kier alpha value is -2.87. The zero-order valence-electron chi connectivity index (χ0n) is 14.9. The van der Waals surface area contributed by atoms with Crippen molar-refractivity contribution in [3.8, 4) is 0 Å². The maximum Gasteiger partial charge on any atom is 0.347 e. The first-order chi connectivity index (χ1) is 12.8. The molecule has 1 N–H and O–H groups in total. The number of carbonyl (C=O) groups is 2. The fourth-order valence-electron chi connectivity index (χ4n) is 2.70. The molecule has 2 aromatic rings. The van der Waals surface area contributed by atoms with Gasteiger partial charge in [0.2, 0.25) is 6.10 Å². The van der Waals surface area contributed by atoms with E-state index in [9.17, 15) is 18.0 Å². The average molecular weight is 389 g/mol. The Morgan fingerprint density at radius 1 is 1.19 bits per heavy atom. The molecule has 27 heavy (non-hydrogen) atoms. The molecular weight excluding hydrogens is 370 g/mol. The number of anilines is 1. The summed E-state index contributed by atoms with van der Waals surface area (Å²) >= 11 is 0. The zero-order chi connectivity index (χ0) is 19.6. The third-order valence-electron chi connectivity index (χ3n) is 4.14. The van der Waals surface area contributed by atoms with Crippen LogP contribution in [0.3, 0.4) is 0 Å². The predicted molar refractivity (Wildman–Crippen MR) is 97.9 cm³/mol. The minimum atomic E-state index is -3.89. The summed E-state index contributed by atoms with van der Waals surface area (Å²) in [7, 11) is -3.89. The number of aryl methyl sites for hydroxylation is 2. The number of hydrogen-bond acceptors (Lipinski definition) is 6. The molecule has 0 unspecified atom stereocenters. The van der Waals surface area contributed by atoms with Gasteiger partial charge in [0.1, 0.15) is 0 Å². The van der Waals surface area contributed by atoms with Crippen molar-refractivity contribution in [1.29, 1.82) is 0 Å². The van der Waals surface area contributed by atoms with Crippen LogP contribution >= 0.6 is 0 Å². The van der Waals surface area contributed by atoms with Crippen LogP contribution < -0.4 is 4.72 Å². The smallest absolute Gasteiger partial charge is 0.347 e. The average Bonchev–Trinajstić information content (AvgIpc) is 3.02. The summed E-state index contributed by atoms with van der Waals surface area (Å²) in [6, 6.07) is 10.8. The molecule has 2 aromatic carbocycles. The quantitative estimate of drug-likeness (QED) is 0.789. The van der Waals surface area contributed by atoms with Crippen LogP contribution in [-0.4, -0.2) is 33.1 Å². The van der Waals surface area contributed by atoms with E-state index in [1.807, 2.05) is 13.0 Å². The number of cyclic esters (lactones) is 1. The SMILES string of the molecule is Cc1ccc(NS(=O)(=O)c2cccc(C(=O)O[C@@H]3CCOC3=O)c2)c(C)c1. The van der Waals surface area contributed by atoms with E-state index >= 15 is 0 Å². The van der Waals surface area contributed by atoms with Gasteiger partial charge in [-0.1, -0.05) is 23.8 Å². The molecule has 0 spiro atoms. The van der Waals surface area contributed by atoms with Crippen LogP contribution in [0.2, 0.25) is 0 Å². The Bertz CT molecular complexity index is 999. The van der Waals surface area contributed by atoms with Crippen LogP contribution in [0.4, 0.5) is 5.69 Å². The first kappa shape index (κ1) is 18.9. The first-order valence-corrected chi connectivity index (χ1v) is 9.82. The minimum absolute atomic E-state index is 0.0400. The van der Waals surface area contributed by atoms with Crippen molar-refractivity contribution in [1.82, 2.24) is 0 Å². The van der Waals surface area contributed by atoms with Gasteiger partial charge in [-0.05, 0) is 43.7 Å². The van der Waals surface area contributed by atoms with Crippen molar-refractivity contribution >= 4 is 27.6 Å². The van der Waals surface area contributed by atoms with Crippen LogP contribution in [0, 0.1) is 13.8 Å². The molecule has 0 amide bonds. The Balaban J connectivity index is 1.81. The highest BCUT2D eigenvalue weighted by atomic mass is 32.2. The standard InChI is InChI=1S/C19H19NO6S/c1-12-6-7-16(13(2)10-12)20-27(23,24)15-5-3-4-14(11-15)18(21)26-17-8-9-25-19(17)22/h3-7,10-11,17,20H,8-9H2,1-2H3/t17-/m1/s1. The summed E-state index contributed by atoms with van der Waals surface area (Å²) in [6.45, 7) is 3.92. The van der Waals surface area contributed by atoms with Gasteiger partial charge in [0.25, 0.3) is 10.0 Å². The van der Waals surface area contributed by atoms with Crippen molar-refractivity contribution in [3.05, 3.63) is 59.2 Å². The molecule has 1 aliphatic heterocycles. The lowest BCUT2D eigenvalue weighted by atomic mass is 10.1. The number of benzene rings is 2. The van der Waals surface area contributed by atoms with E-state index in [1.54, 1.807) is 19.1 Å². The maximum absolute atomic E-state index is 12.7. The van der Waals surface area contributed by atoms with Crippen LogP contribution in [0.5, 0.6) is 0 Å². The largest absolute Gasteiger partial charge is 0.463 e. The second kappa shape index (κ2) is 7.40.